The number of nitrogens with one attached hydrogen (secondary N) is 2. The van der Waals surface area contributed by atoms with E-state index in [1.54, 1.807) is 53.7 Å². The quantitative estimate of drug-likeness (QED) is 0.504. The zero-order valence-electron chi connectivity index (χ0n) is 18.6. The number of carbonyl (C=O) groups excluding carboxylic acids is 3. The summed E-state index contributed by atoms with van der Waals surface area (Å²) in [7, 11) is 0. The first-order valence-corrected chi connectivity index (χ1v) is 9.54. The molecule has 0 aliphatic heterocycles. The third-order valence-corrected chi connectivity index (χ3v) is 3.67. The standard InChI is InChI=1S/C22H31N3O5/c1-9-25(19(28)14(2)23-20(29)30-22(6,7)8)17(18(27)24-21(3,4)5)15-11-10-12-16(26)13-15/h1,10-14,17,26H,2-8H3,(H,23,29)(H,24,27). The molecule has 1 rings (SSSR count). The van der Waals surface area contributed by atoms with Crippen molar-refractivity contribution in [2.45, 2.75) is 71.7 Å². The van der Waals surface area contributed by atoms with Crippen molar-refractivity contribution >= 4 is 17.9 Å². The Balaban J connectivity index is 3.22. The van der Waals surface area contributed by atoms with E-state index in [1.807, 2.05) is 0 Å². The molecule has 8 nitrogen and oxygen atoms in total. The number of carbonyl (C=O) groups is 3. The number of rotatable bonds is 5. The third kappa shape index (κ3) is 7.66. The van der Waals surface area contributed by atoms with E-state index in [-0.39, 0.29) is 5.75 Å². The van der Waals surface area contributed by atoms with E-state index >= 15 is 0 Å². The summed E-state index contributed by atoms with van der Waals surface area (Å²) in [6.07, 6.45) is 4.81. The summed E-state index contributed by atoms with van der Waals surface area (Å²) >= 11 is 0. The van der Waals surface area contributed by atoms with Crippen LogP contribution in [0.1, 0.15) is 60.1 Å². The minimum Gasteiger partial charge on any atom is -0.508 e. The number of nitrogens with zero attached hydrogens (tertiary/aromatic N) is 1. The molecule has 0 bridgehead atoms. The highest BCUT2D eigenvalue weighted by molar-refractivity contribution is 5.93. The molecule has 0 saturated heterocycles. The maximum atomic E-state index is 13.0. The largest absolute Gasteiger partial charge is 0.508 e. The van der Waals surface area contributed by atoms with Crippen LogP contribution in [0.2, 0.25) is 0 Å². The Kier molecular flexibility index (Phi) is 7.88. The van der Waals surface area contributed by atoms with Crippen LogP contribution in [0.4, 0.5) is 4.79 Å². The Morgan fingerprint density at radius 2 is 1.77 bits per heavy atom. The molecular formula is C22H31N3O5. The Morgan fingerprint density at radius 3 is 2.23 bits per heavy atom. The topological polar surface area (TPSA) is 108 Å². The van der Waals surface area contributed by atoms with Crippen LogP contribution in [0.3, 0.4) is 0 Å². The number of hydrogen-bond donors (Lipinski definition) is 3. The van der Waals surface area contributed by atoms with Gasteiger partial charge in [0.25, 0.3) is 5.91 Å². The minimum atomic E-state index is -1.21. The molecule has 2 unspecified atom stereocenters. The van der Waals surface area contributed by atoms with Crippen molar-refractivity contribution < 1.29 is 24.2 Å². The fourth-order valence-electron chi connectivity index (χ4n) is 2.57. The maximum Gasteiger partial charge on any atom is 0.408 e. The van der Waals surface area contributed by atoms with E-state index in [0.717, 1.165) is 4.90 Å². The van der Waals surface area contributed by atoms with Crippen molar-refractivity contribution in [1.29, 1.82) is 0 Å². The fraction of sp³-hybridized carbons (Fsp3) is 0.500. The van der Waals surface area contributed by atoms with Gasteiger partial charge in [0.2, 0.25) is 5.91 Å². The molecule has 30 heavy (non-hydrogen) atoms. The van der Waals surface area contributed by atoms with Gasteiger partial charge >= 0.3 is 6.09 Å². The van der Waals surface area contributed by atoms with Crippen molar-refractivity contribution in [2.75, 3.05) is 0 Å². The summed E-state index contributed by atoms with van der Waals surface area (Å²) < 4.78 is 5.16. The molecule has 1 aromatic carbocycles. The van der Waals surface area contributed by atoms with Gasteiger partial charge < -0.3 is 20.5 Å². The number of phenolic OH excluding ortho intramolecular Hbond substituents is 1. The van der Waals surface area contributed by atoms with Crippen LogP contribution in [-0.4, -0.2) is 45.1 Å². The van der Waals surface area contributed by atoms with Gasteiger partial charge in [-0.25, -0.2) is 4.79 Å². The first-order chi connectivity index (χ1) is 13.6. The van der Waals surface area contributed by atoms with Gasteiger partial charge in [-0.15, -0.1) is 0 Å². The van der Waals surface area contributed by atoms with E-state index in [9.17, 15) is 19.5 Å². The number of aromatic hydroxyl groups is 1. The van der Waals surface area contributed by atoms with Crippen LogP contribution < -0.4 is 10.6 Å². The zero-order chi connectivity index (χ0) is 23.3. The lowest BCUT2D eigenvalue weighted by Crippen LogP contribution is -2.52. The van der Waals surface area contributed by atoms with E-state index in [4.69, 9.17) is 11.2 Å². The third-order valence-electron chi connectivity index (χ3n) is 3.67. The van der Waals surface area contributed by atoms with Crippen molar-refractivity contribution in [2.24, 2.45) is 0 Å². The Labute approximate surface area is 178 Å². The van der Waals surface area contributed by atoms with Gasteiger partial charge in [0, 0.05) is 11.6 Å². The molecule has 3 amide bonds. The number of hydrogen-bond acceptors (Lipinski definition) is 5. The van der Waals surface area contributed by atoms with Crippen LogP contribution in [0.15, 0.2) is 24.3 Å². The van der Waals surface area contributed by atoms with Crippen LogP contribution in [0.5, 0.6) is 5.75 Å². The van der Waals surface area contributed by atoms with Gasteiger partial charge in [-0.2, -0.15) is 0 Å². The van der Waals surface area contributed by atoms with Gasteiger partial charge in [-0.05, 0) is 66.2 Å². The van der Waals surface area contributed by atoms with Crippen molar-refractivity contribution in [3.8, 4) is 18.2 Å². The Bertz CT molecular complexity index is 830. The number of alkyl carbamates (subject to hydrolysis) is 1. The molecule has 0 spiro atoms. The molecule has 0 heterocycles. The molecule has 0 fully saturated rings. The first-order valence-electron chi connectivity index (χ1n) is 9.54. The molecule has 0 aliphatic carbocycles. The van der Waals surface area contributed by atoms with Crippen molar-refractivity contribution in [1.82, 2.24) is 15.5 Å². The van der Waals surface area contributed by atoms with Crippen LogP contribution >= 0.6 is 0 Å². The lowest BCUT2D eigenvalue weighted by atomic mass is 10.0. The summed E-state index contributed by atoms with van der Waals surface area (Å²) in [5.41, 5.74) is -1.00. The number of amides is 3. The van der Waals surface area contributed by atoms with Gasteiger partial charge in [-0.1, -0.05) is 18.6 Å². The molecular weight excluding hydrogens is 386 g/mol. The predicted molar refractivity (Wildman–Crippen MR) is 113 cm³/mol. The fourth-order valence-corrected chi connectivity index (χ4v) is 2.57. The first kappa shape index (κ1) is 24.8. The molecule has 1 aromatic rings. The molecule has 3 N–H and O–H groups in total. The smallest absolute Gasteiger partial charge is 0.408 e. The minimum absolute atomic E-state index is 0.0783. The number of ether oxygens (including phenoxy) is 1. The molecule has 8 heteroatoms. The monoisotopic (exact) mass is 417 g/mol. The molecule has 0 aromatic heterocycles. The molecule has 0 saturated carbocycles. The molecule has 164 valence electrons. The van der Waals surface area contributed by atoms with Gasteiger partial charge in [0.1, 0.15) is 23.4 Å². The van der Waals surface area contributed by atoms with E-state index < -0.39 is 41.1 Å². The predicted octanol–water partition coefficient (Wildman–Crippen LogP) is 2.68. The molecule has 0 radical (unpaired) electrons. The number of terminal acetylenes is 1. The van der Waals surface area contributed by atoms with Gasteiger partial charge in [-0.3, -0.25) is 14.5 Å². The summed E-state index contributed by atoms with van der Waals surface area (Å²) in [5, 5.41) is 15.1. The lowest BCUT2D eigenvalue weighted by molar-refractivity contribution is -0.138. The van der Waals surface area contributed by atoms with E-state index in [0.29, 0.717) is 5.56 Å². The van der Waals surface area contributed by atoms with Crippen LogP contribution in [0.25, 0.3) is 0 Å². The maximum absolute atomic E-state index is 13.0. The Morgan fingerprint density at radius 1 is 1.17 bits per heavy atom. The second kappa shape index (κ2) is 9.53. The van der Waals surface area contributed by atoms with Crippen LogP contribution in [-0.2, 0) is 14.3 Å². The van der Waals surface area contributed by atoms with E-state index in [2.05, 4.69) is 16.7 Å². The SMILES string of the molecule is C#CN(C(=O)C(C)NC(=O)OC(C)(C)C)C(C(=O)NC(C)(C)C)c1cccc(O)c1. The highest BCUT2D eigenvalue weighted by Gasteiger charge is 2.35. The summed E-state index contributed by atoms with van der Waals surface area (Å²) in [6, 6.07) is 5.89. The summed E-state index contributed by atoms with van der Waals surface area (Å²) in [6.45, 7) is 11.9. The van der Waals surface area contributed by atoms with Crippen molar-refractivity contribution in [3.63, 3.8) is 0 Å². The van der Waals surface area contributed by atoms with E-state index in [1.165, 1.54) is 19.1 Å². The highest BCUT2D eigenvalue weighted by Crippen LogP contribution is 2.25. The molecule has 2 atom stereocenters. The van der Waals surface area contributed by atoms with Crippen molar-refractivity contribution in [3.05, 3.63) is 29.8 Å². The normalized spacial score (nSPS) is 13.4. The molecule has 0 aliphatic rings. The average Bonchev–Trinajstić information content (AvgIpc) is 2.55. The van der Waals surface area contributed by atoms with Crippen LogP contribution in [0, 0.1) is 12.5 Å². The number of phenols is 1. The second-order valence-corrected chi connectivity index (χ2v) is 8.94. The summed E-state index contributed by atoms with van der Waals surface area (Å²) in [4.78, 5) is 39.0. The summed E-state index contributed by atoms with van der Waals surface area (Å²) in [5.74, 6) is -1.28. The second-order valence-electron chi connectivity index (χ2n) is 8.94. The van der Waals surface area contributed by atoms with Gasteiger partial charge in [0.15, 0.2) is 0 Å². The average molecular weight is 418 g/mol. The van der Waals surface area contributed by atoms with Gasteiger partial charge in [0.05, 0.1) is 0 Å². The number of benzene rings is 1. The lowest BCUT2D eigenvalue weighted by Gasteiger charge is -2.31. The Hall–Kier alpha value is -3.21. The zero-order valence-corrected chi connectivity index (χ0v) is 18.6. The highest BCUT2D eigenvalue weighted by atomic mass is 16.6.